The molecule has 0 aliphatic heterocycles. The van der Waals surface area contributed by atoms with Crippen LogP contribution in [0.25, 0.3) is 0 Å². The van der Waals surface area contributed by atoms with E-state index in [1.807, 2.05) is 37.5 Å². The van der Waals surface area contributed by atoms with E-state index in [4.69, 9.17) is 9.15 Å². The van der Waals surface area contributed by atoms with Crippen molar-refractivity contribution < 1.29 is 9.15 Å². The Morgan fingerprint density at radius 1 is 1.26 bits per heavy atom. The van der Waals surface area contributed by atoms with E-state index in [-0.39, 0.29) is 0 Å². The second kappa shape index (κ2) is 6.95. The summed E-state index contributed by atoms with van der Waals surface area (Å²) in [6.45, 7) is 0.995. The van der Waals surface area contributed by atoms with Gasteiger partial charge in [0, 0.05) is 12.8 Å². The van der Waals surface area contributed by atoms with Gasteiger partial charge in [-0.15, -0.1) is 0 Å². The van der Waals surface area contributed by atoms with Crippen LogP contribution >= 0.6 is 0 Å². The Kier molecular flexibility index (Phi) is 4.98. The number of benzene rings is 1. The lowest BCUT2D eigenvalue weighted by Gasteiger charge is -2.01. The summed E-state index contributed by atoms with van der Waals surface area (Å²) in [5.74, 6) is 2.59. The zero-order valence-electron chi connectivity index (χ0n) is 11.5. The first kappa shape index (κ1) is 13.6. The molecule has 0 saturated carbocycles. The average molecular weight is 260 g/mol. The van der Waals surface area contributed by atoms with Crippen LogP contribution in [0.3, 0.4) is 0 Å². The van der Waals surface area contributed by atoms with Gasteiger partial charge in [-0.25, -0.2) is 4.98 Å². The molecule has 2 aromatic rings. The smallest absolute Gasteiger partial charge is 0.198 e. The molecule has 1 N–H and O–H groups in total. The van der Waals surface area contributed by atoms with E-state index in [2.05, 4.69) is 10.3 Å². The normalized spacial score (nSPS) is 10.6. The Morgan fingerprint density at radius 2 is 2.05 bits per heavy atom. The summed E-state index contributed by atoms with van der Waals surface area (Å²) in [7, 11) is 3.62. The summed E-state index contributed by atoms with van der Waals surface area (Å²) in [5, 5.41) is 3.12. The Balaban J connectivity index is 1.91. The molecule has 2 rings (SSSR count). The molecule has 19 heavy (non-hydrogen) atoms. The maximum absolute atomic E-state index is 5.72. The van der Waals surface area contributed by atoms with Gasteiger partial charge in [0.15, 0.2) is 5.89 Å². The van der Waals surface area contributed by atoms with Crippen LogP contribution in [0.4, 0.5) is 0 Å². The molecular weight excluding hydrogens is 240 g/mol. The summed E-state index contributed by atoms with van der Waals surface area (Å²) in [6, 6.07) is 7.96. The van der Waals surface area contributed by atoms with Crippen molar-refractivity contribution >= 4 is 0 Å². The first-order valence-corrected chi connectivity index (χ1v) is 6.53. The molecule has 0 aliphatic rings. The molecule has 4 heteroatoms. The first-order valence-electron chi connectivity index (χ1n) is 6.53. The maximum atomic E-state index is 5.72. The molecular formula is C15H20N2O2. The van der Waals surface area contributed by atoms with Gasteiger partial charge in [0.05, 0.1) is 13.3 Å². The fourth-order valence-corrected chi connectivity index (χ4v) is 1.90. The molecule has 4 nitrogen and oxygen atoms in total. The van der Waals surface area contributed by atoms with E-state index in [1.165, 1.54) is 5.56 Å². The number of aromatic nitrogens is 1. The van der Waals surface area contributed by atoms with Crippen LogP contribution in [0.2, 0.25) is 0 Å². The molecule has 0 radical (unpaired) electrons. The number of nitrogens with one attached hydrogen (secondary N) is 1. The Bertz CT molecular complexity index is 491. The van der Waals surface area contributed by atoms with Crippen molar-refractivity contribution in [3.63, 3.8) is 0 Å². The van der Waals surface area contributed by atoms with E-state index in [1.54, 1.807) is 7.11 Å². The molecule has 0 unspecified atom stereocenters. The molecule has 0 atom stereocenters. The van der Waals surface area contributed by atoms with Gasteiger partial charge in [-0.1, -0.05) is 12.1 Å². The van der Waals surface area contributed by atoms with Crippen LogP contribution in [-0.2, 0) is 12.8 Å². The lowest BCUT2D eigenvalue weighted by atomic mass is 10.1. The van der Waals surface area contributed by atoms with Crippen LogP contribution in [0, 0.1) is 0 Å². The monoisotopic (exact) mass is 260 g/mol. The molecule has 0 bridgehead atoms. The molecule has 0 fully saturated rings. The van der Waals surface area contributed by atoms with E-state index in [9.17, 15) is 0 Å². The summed E-state index contributed by atoms with van der Waals surface area (Å²) in [6.07, 6.45) is 4.54. The number of aryl methyl sites for hydroxylation is 1. The third-order valence-electron chi connectivity index (χ3n) is 2.97. The second-order valence-electron chi connectivity index (χ2n) is 4.45. The van der Waals surface area contributed by atoms with Gasteiger partial charge < -0.3 is 14.5 Å². The number of oxazole rings is 1. The van der Waals surface area contributed by atoms with Gasteiger partial charge in [-0.05, 0) is 37.7 Å². The first-order chi connectivity index (χ1) is 9.31. The van der Waals surface area contributed by atoms with E-state index in [0.717, 1.165) is 43.2 Å². The standard InChI is InChI=1S/C15H20N2O2/c1-16-9-3-4-14-11-17-15(19-14)10-12-5-7-13(18-2)8-6-12/h5-8,11,16H,3-4,9-10H2,1-2H3. The highest BCUT2D eigenvalue weighted by Gasteiger charge is 2.05. The third kappa shape index (κ3) is 4.10. The lowest BCUT2D eigenvalue weighted by molar-refractivity contribution is 0.414. The SMILES string of the molecule is CNCCCc1cnc(Cc2ccc(OC)cc2)o1. The van der Waals surface area contributed by atoms with Crippen molar-refractivity contribution in [2.75, 3.05) is 20.7 Å². The third-order valence-corrected chi connectivity index (χ3v) is 2.97. The minimum absolute atomic E-state index is 0.718. The van der Waals surface area contributed by atoms with Crippen molar-refractivity contribution in [3.8, 4) is 5.75 Å². The molecule has 102 valence electrons. The van der Waals surface area contributed by atoms with Gasteiger partial charge in [-0.2, -0.15) is 0 Å². The quantitative estimate of drug-likeness (QED) is 0.777. The molecule has 0 saturated heterocycles. The zero-order valence-corrected chi connectivity index (χ0v) is 11.5. The zero-order chi connectivity index (χ0) is 13.5. The number of ether oxygens (including phenoxy) is 1. The number of hydrogen-bond donors (Lipinski definition) is 1. The van der Waals surface area contributed by atoms with Gasteiger partial charge in [-0.3, -0.25) is 0 Å². The van der Waals surface area contributed by atoms with Crippen molar-refractivity contribution in [3.05, 3.63) is 47.7 Å². The number of hydrogen-bond acceptors (Lipinski definition) is 4. The predicted molar refractivity (Wildman–Crippen MR) is 74.6 cm³/mol. The van der Waals surface area contributed by atoms with Crippen molar-refractivity contribution in [1.29, 1.82) is 0 Å². The topological polar surface area (TPSA) is 47.3 Å². The molecule has 0 aliphatic carbocycles. The van der Waals surface area contributed by atoms with Crippen LogP contribution in [-0.4, -0.2) is 25.7 Å². The fourth-order valence-electron chi connectivity index (χ4n) is 1.90. The number of nitrogens with zero attached hydrogens (tertiary/aromatic N) is 1. The number of methoxy groups -OCH3 is 1. The highest BCUT2D eigenvalue weighted by Crippen LogP contribution is 2.15. The average Bonchev–Trinajstić information content (AvgIpc) is 2.88. The Labute approximate surface area is 113 Å². The van der Waals surface area contributed by atoms with Crippen LogP contribution < -0.4 is 10.1 Å². The van der Waals surface area contributed by atoms with Crippen molar-refractivity contribution in [1.82, 2.24) is 10.3 Å². The molecule has 1 aromatic carbocycles. The Morgan fingerprint density at radius 3 is 2.74 bits per heavy atom. The van der Waals surface area contributed by atoms with Gasteiger partial charge in [0.2, 0.25) is 0 Å². The highest BCUT2D eigenvalue weighted by atomic mass is 16.5. The maximum Gasteiger partial charge on any atom is 0.198 e. The van der Waals surface area contributed by atoms with Crippen LogP contribution in [0.5, 0.6) is 5.75 Å². The molecule has 0 spiro atoms. The minimum Gasteiger partial charge on any atom is -0.497 e. The summed E-state index contributed by atoms with van der Waals surface area (Å²) in [5.41, 5.74) is 1.17. The van der Waals surface area contributed by atoms with Gasteiger partial charge in [0.1, 0.15) is 11.5 Å². The fraction of sp³-hybridized carbons (Fsp3) is 0.400. The largest absolute Gasteiger partial charge is 0.497 e. The van der Waals surface area contributed by atoms with E-state index >= 15 is 0 Å². The van der Waals surface area contributed by atoms with Gasteiger partial charge in [0.25, 0.3) is 0 Å². The van der Waals surface area contributed by atoms with Crippen molar-refractivity contribution in [2.45, 2.75) is 19.3 Å². The summed E-state index contributed by atoms with van der Waals surface area (Å²) >= 11 is 0. The lowest BCUT2D eigenvalue weighted by Crippen LogP contribution is -2.08. The molecule has 1 heterocycles. The number of rotatable bonds is 7. The predicted octanol–water partition coefficient (Wildman–Crippen LogP) is 2.43. The molecule has 0 amide bonds. The minimum atomic E-state index is 0.718. The summed E-state index contributed by atoms with van der Waals surface area (Å²) in [4.78, 5) is 4.31. The summed E-state index contributed by atoms with van der Waals surface area (Å²) < 4.78 is 10.9. The molecule has 1 aromatic heterocycles. The Hall–Kier alpha value is -1.81. The van der Waals surface area contributed by atoms with E-state index < -0.39 is 0 Å². The van der Waals surface area contributed by atoms with Crippen molar-refractivity contribution in [2.24, 2.45) is 0 Å². The second-order valence-corrected chi connectivity index (χ2v) is 4.45. The highest BCUT2D eigenvalue weighted by molar-refractivity contribution is 5.28. The van der Waals surface area contributed by atoms with Crippen LogP contribution in [0.1, 0.15) is 23.6 Å². The van der Waals surface area contributed by atoms with E-state index in [0.29, 0.717) is 0 Å². The van der Waals surface area contributed by atoms with Gasteiger partial charge >= 0.3 is 0 Å². The van der Waals surface area contributed by atoms with Crippen LogP contribution in [0.15, 0.2) is 34.9 Å².